The van der Waals surface area contributed by atoms with E-state index >= 15 is 0 Å². The van der Waals surface area contributed by atoms with Crippen LogP contribution in [0.3, 0.4) is 0 Å². The molecule has 1 N–H and O–H groups in total. The maximum atomic E-state index is 13.1. The number of hydrogen-bond acceptors (Lipinski definition) is 6. The summed E-state index contributed by atoms with van der Waals surface area (Å²) in [5.74, 6) is 0.178. The second-order valence-corrected chi connectivity index (χ2v) is 11.8. The zero-order valence-corrected chi connectivity index (χ0v) is 21.3. The van der Waals surface area contributed by atoms with Crippen molar-refractivity contribution in [1.29, 1.82) is 0 Å². The van der Waals surface area contributed by atoms with Gasteiger partial charge in [0.05, 0.1) is 17.0 Å². The molecule has 190 valence electrons. The number of nitrogens with one attached hydrogen (secondary N) is 1. The van der Waals surface area contributed by atoms with Crippen LogP contribution < -0.4 is 10.1 Å². The number of halogens is 1. The second kappa shape index (κ2) is 11.7. The summed E-state index contributed by atoms with van der Waals surface area (Å²) in [5.41, 5.74) is -0.477. The molecule has 8 nitrogen and oxygen atoms in total. The Hall–Kier alpha value is -2.62. The van der Waals surface area contributed by atoms with E-state index in [1.54, 1.807) is 25.7 Å². The fourth-order valence-electron chi connectivity index (χ4n) is 3.48. The molecule has 1 heterocycles. The lowest BCUT2D eigenvalue weighted by Gasteiger charge is -2.20. The van der Waals surface area contributed by atoms with Crippen LogP contribution in [0, 0.1) is 11.8 Å². The Morgan fingerprint density at radius 2 is 1.88 bits per heavy atom. The van der Waals surface area contributed by atoms with Gasteiger partial charge in [0.1, 0.15) is 18.0 Å². The number of carbonyl (C=O) groups excluding carboxylic acids is 2. The van der Waals surface area contributed by atoms with Crippen LogP contribution in [0.5, 0.6) is 5.75 Å². The molecule has 0 saturated carbocycles. The molecule has 0 aromatic heterocycles. The molecule has 1 fully saturated rings. The average molecular weight is 499 g/mol. The Labute approximate surface area is 201 Å². The molecule has 2 amide bonds. The van der Waals surface area contributed by atoms with E-state index in [4.69, 9.17) is 9.47 Å². The summed E-state index contributed by atoms with van der Waals surface area (Å²) in [6, 6.07) is 5.92. The summed E-state index contributed by atoms with van der Waals surface area (Å²) in [5, 5.41) is 2.45. The summed E-state index contributed by atoms with van der Waals surface area (Å²) >= 11 is 0. The summed E-state index contributed by atoms with van der Waals surface area (Å²) < 4.78 is 49.4. The molecule has 1 saturated heterocycles. The van der Waals surface area contributed by atoms with Crippen molar-refractivity contribution >= 4 is 21.8 Å². The quantitative estimate of drug-likeness (QED) is 0.557. The van der Waals surface area contributed by atoms with Crippen LogP contribution in [0.15, 0.2) is 41.1 Å². The van der Waals surface area contributed by atoms with Gasteiger partial charge in [0.25, 0.3) is 0 Å². The van der Waals surface area contributed by atoms with Crippen LogP contribution in [-0.4, -0.2) is 62.9 Å². The zero-order chi connectivity index (χ0) is 25.5. The molecule has 1 aliphatic heterocycles. The third-order valence-electron chi connectivity index (χ3n) is 5.17. The standard InChI is InChI=1S/C24H35FN2O6S/c1-17(2)22(28)27-11-10-18(14-27)16-34(30,31)21-8-6-20(7-9-21)32-15-19(12-25)13-26-23(29)33-24(3,4)5/h6-9,12,17-18H,10-11,13-16H2,1-5H3,(H,26,29)/b19-12+. The molecule has 1 aromatic carbocycles. The van der Waals surface area contributed by atoms with Gasteiger partial charge in [-0.25, -0.2) is 17.6 Å². The maximum Gasteiger partial charge on any atom is 0.407 e. The Bertz CT molecular complexity index is 984. The molecule has 0 bridgehead atoms. The topological polar surface area (TPSA) is 102 Å². The first-order valence-corrected chi connectivity index (χ1v) is 13.0. The van der Waals surface area contributed by atoms with Crippen molar-refractivity contribution in [2.45, 2.75) is 51.5 Å². The van der Waals surface area contributed by atoms with E-state index in [0.29, 0.717) is 31.6 Å². The monoisotopic (exact) mass is 498 g/mol. The molecule has 2 rings (SSSR count). The largest absolute Gasteiger partial charge is 0.489 e. The highest BCUT2D eigenvalue weighted by Crippen LogP contribution is 2.24. The van der Waals surface area contributed by atoms with E-state index < -0.39 is 21.5 Å². The predicted molar refractivity (Wildman–Crippen MR) is 127 cm³/mol. The number of hydrogen-bond donors (Lipinski definition) is 1. The van der Waals surface area contributed by atoms with Gasteiger partial charge in [-0.3, -0.25) is 4.79 Å². The van der Waals surface area contributed by atoms with Crippen LogP contribution in [0.25, 0.3) is 0 Å². The molecule has 0 spiro atoms. The molecular formula is C24H35FN2O6S. The Morgan fingerprint density at radius 3 is 2.44 bits per heavy atom. The highest BCUT2D eigenvalue weighted by Gasteiger charge is 2.31. The van der Waals surface area contributed by atoms with E-state index in [1.165, 1.54) is 24.3 Å². The Balaban J connectivity index is 1.87. The molecule has 1 aliphatic rings. The van der Waals surface area contributed by atoms with Crippen molar-refractivity contribution in [1.82, 2.24) is 10.2 Å². The number of rotatable bonds is 9. The van der Waals surface area contributed by atoms with Gasteiger partial charge in [0, 0.05) is 31.1 Å². The van der Waals surface area contributed by atoms with Crippen LogP contribution in [0.4, 0.5) is 9.18 Å². The zero-order valence-electron chi connectivity index (χ0n) is 20.5. The lowest BCUT2D eigenvalue weighted by atomic mass is 10.1. The first-order chi connectivity index (χ1) is 15.8. The maximum absolute atomic E-state index is 13.1. The SMILES string of the molecule is CC(C)C(=O)N1CCC(CS(=O)(=O)c2ccc(OC/C(=C/F)CNC(=O)OC(C)(C)C)cc2)C1. The van der Waals surface area contributed by atoms with Gasteiger partial charge in [-0.15, -0.1) is 0 Å². The fourth-order valence-corrected chi connectivity index (χ4v) is 5.12. The summed E-state index contributed by atoms with van der Waals surface area (Å²) in [6.07, 6.45) is 0.347. The lowest BCUT2D eigenvalue weighted by Crippen LogP contribution is -2.34. The van der Waals surface area contributed by atoms with Crippen molar-refractivity contribution < 1.29 is 31.9 Å². The second-order valence-electron chi connectivity index (χ2n) is 9.76. The van der Waals surface area contributed by atoms with E-state index in [9.17, 15) is 22.4 Å². The number of ether oxygens (including phenoxy) is 2. The first-order valence-electron chi connectivity index (χ1n) is 11.3. The number of benzene rings is 1. The molecule has 34 heavy (non-hydrogen) atoms. The number of likely N-dealkylation sites (tertiary alicyclic amines) is 1. The van der Waals surface area contributed by atoms with Gasteiger partial charge in [-0.05, 0) is 57.4 Å². The summed E-state index contributed by atoms with van der Waals surface area (Å²) in [7, 11) is -3.53. The Kier molecular flexibility index (Phi) is 9.49. The molecule has 1 unspecified atom stereocenters. The van der Waals surface area contributed by atoms with Crippen LogP contribution >= 0.6 is 0 Å². The number of alkyl carbamates (subject to hydrolysis) is 1. The van der Waals surface area contributed by atoms with Gasteiger partial charge in [-0.1, -0.05) is 13.8 Å². The van der Waals surface area contributed by atoms with Gasteiger partial charge < -0.3 is 19.7 Å². The third-order valence-corrected chi connectivity index (χ3v) is 7.07. The molecule has 1 atom stereocenters. The molecule has 10 heteroatoms. The van der Waals surface area contributed by atoms with E-state index in [2.05, 4.69) is 5.32 Å². The van der Waals surface area contributed by atoms with Gasteiger partial charge in [0.15, 0.2) is 9.84 Å². The minimum Gasteiger partial charge on any atom is -0.489 e. The minimum atomic E-state index is -3.53. The first kappa shape index (κ1) is 27.6. The predicted octanol–water partition coefficient (Wildman–Crippen LogP) is 3.72. The van der Waals surface area contributed by atoms with E-state index in [1.807, 2.05) is 13.8 Å². The highest BCUT2D eigenvalue weighted by molar-refractivity contribution is 7.91. The van der Waals surface area contributed by atoms with Crippen molar-refractivity contribution in [3.05, 3.63) is 36.2 Å². The van der Waals surface area contributed by atoms with Crippen LogP contribution in [0.2, 0.25) is 0 Å². The smallest absolute Gasteiger partial charge is 0.407 e. The molecule has 0 aliphatic carbocycles. The van der Waals surface area contributed by atoms with Crippen molar-refractivity contribution in [2.75, 3.05) is 32.0 Å². The third kappa shape index (κ3) is 8.62. The summed E-state index contributed by atoms with van der Waals surface area (Å²) in [4.78, 5) is 25.7. The van der Waals surface area contributed by atoms with Crippen LogP contribution in [0.1, 0.15) is 41.0 Å². The van der Waals surface area contributed by atoms with E-state index in [0.717, 1.165) is 0 Å². The van der Waals surface area contributed by atoms with Crippen molar-refractivity contribution in [2.24, 2.45) is 11.8 Å². The summed E-state index contributed by atoms with van der Waals surface area (Å²) in [6.45, 7) is 9.66. The minimum absolute atomic E-state index is 0.0276. The van der Waals surface area contributed by atoms with Crippen molar-refractivity contribution in [3.63, 3.8) is 0 Å². The average Bonchev–Trinajstić information content (AvgIpc) is 3.20. The molecule has 1 aromatic rings. The Morgan fingerprint density at radius 1 is 1.24 bits per heavy atom. The normalized spacial score (nSPS) is 17.1. The number of sulfone groups is 1. The molecular weight excluding hydrogens is 463 g/mol. The van der Waals surface area contributed by atoms with E-state index in [-0.39, 0.29) is 47.1 Å². The van der Waals surface area contributed by atoms with Gasteiger partial charge in [0.2, 0.25) is 5.91 Å². The van der Waals surface area contributed by atoms with Gasteiger partial charge in [-0.2, -0.15) is 0 Å². The number of nitrogens with zero attached hydrogens (tertiary/aromatic N) is 1. The molecule has 0 radical (unpaired) electrons. The highest BCUT2D eigenvalue weighted by atomic mass is 32.2. The van der Waals surface area contributed by atoms with Crippen LogP contribution in [-0.2, 0) is 19.4 Å². The van der Waals surface area contributed by atoms with Gasteiger partial charge >= 0.3 is 6.09 Å². The van der Waals surface area contributed by atoms with Crippen molar-refractivity contribution in [3.8, 4) is 5.75 Å². The number of amides is 2. The lowest BCUT2D eigenvalue weighted by molar-refractivity contribution is -0.133. The fraction of sp³-hybridized carbons (Fsp3) is 0.583. The number of carbonyl (C=O) groups is 2.